The summed E-state index contributed by atoms with van der Waals surface area (Å²) in [6.45, 7) is 0. The van der Waals surface area contributed by atoms with E-state index in [-0.39, 0.29) is 5.78 Å². The Balaban J connectivity index is 2.60. The highest BCUT2D eigenvalue weighted by Gasteiger charge is 2.30. The number of carboxylic acids is 1. The van der Waals surface area contributed by atoms with Crippen molar-refractivity contribution in [2.24, 2.45) is 5.92 Å². The molecule has 1 unspecified atom stereocenters. The Kier molecular flexibility index (Phi) is 6.61. The van der Waals surface area contributed by atoms with Crippen LogP contribution in [0.2, 0.25) is 0 Å². The first-order valence-electron chi connectivity index (χ1n) is 6.93. The highest BCUT2D eigenvalue weighted by Crippen LogP contribution is 2.19. The molecule has 0 heterocycles. The molecule has 4 nitrogen and oxygen atoms in total. The maximum absolute atomic E-state index is 11.9. The predicted molar refractivity (Wildman–Crippen MR) is 67.3 cm³/mol. The Labute approximate surface area is 108 Å². The van der Waals surface area contributed by atoms with E-state index in [9.17, 15) is 14.4 Å². The fourth-order valence-corrected chi connectivity index (χ4v) is 2.47. The summed E-state index contributed by atoms with van der Waals surface area (Å²) in [5.41, 5.74) is 0. The summed E-state index contributed by atoms with van der Waals surface area (Å²) in [5, 5.41) is 8.74. The van der Waals surface area contributed by atoms with E-state index in [1.807, 2.05) is 0 Å². The second kappa shape index (κ2) is 8.01. The highest BCUT2D eigenvalue weighted by molar-refractivity contribution is 6.37. The van der Waals surface area contributed by atoms with Crippen LogP contribution in [0.1, 0.15) is 64.2 Å². The molecule has 18 heavy (non-hydrogen) atoms. The molecule has 1 rings (SSSR count). The van der Waals surface area contributed by atoms with Crippen molar-refractivity contribution in [2.75, 3.05) is 0 Å². The third-order valence-corrected chi connectivity index (χ3v) is 3.58. The molecule has 102 valence electrons. The van der Waals surface area contributed by atoms with Gasteiger partial charge in [-0.1, -0.05) is 44.9 Å². The monoisotopic (exact) mass is 254 g/mol. The quantitative estimate of drug-likeness (QED) is 0.607. The molecular weight excluding hydrogens is 232 g/mol. The van der Waals surface area contributed by atoms with Crippen molar-refractivity contribution in [1.82, 2.24) is 0 Å². The van der Waals surface area contributed by atoms with Crippen LogP contribution < -0.4 is 0 Å². The van der Waals surface area contributed by atoms with Crippen molar-refractivity contribution >= 4 is 17.5 Å². The van der Waals surface area contributed by atoms with Crippen molar-refractivity contribution in [3.05, 3.63) is 0 Å². The predicted octanol–water partition coefficient (Wildman–Crippen LogP) is 2.74. The first-order valence-corrected chi connectivity index (χ1v) is 6.93. The van der Waals surface area contributed by atoms with Crippen LogP contribution in [0.4, 0.5) is 0 Å². The lowest BCUT2D eigenvalue weighted by Crippen LogP contribution is -2.30. The van der Waals surface area contributed by atoms with E-state index in [1.54, 1.807) is 0 Å². The van der Waals surface area contributed by atoms with E-state index in [0.717, 1.165) is 38.5 Å². The zero-order chi connectivity index (χ0) is 13.4. The number of aliphatic carboxylic acids is 1. The van der Waals surface area contributed by atoms with Gasteiger partial charge < -0.3 is 5.11 Å². The van der Waals surface area contributed by atoms with Crippen LogP contribution in [0.3, 0.4) is 0 Å². The van der Waals surface area contributed by atoms with Gasteiger partial charge in [-0.3, -0.25) is 9.59 Å². The molecule has 0 aromatic rings. The molecule has 4 heteroatoms. The summed E-state index contributed by atoms with van der Waals surface area (Å²) in [5.74, 6) is -3.47. The minimum atomic E-state index is -1.47. The molecule has 1 saturated carbocycles. The maximum atomic E-state index is 11.9. The number of carbonyl (C=O) groups excluding carboxylic acids is 2. The van der Waals surface area contributed by atoms with Gasteiger partial charge in [0.2, 0.25) is 5.78 Å². The zero-order valence-corrected chi connectivity index (χ0v) is 10.8. The molecule has 1 fully saturated rings. The van der Waals surface area contributed by atoms with Crippen molar-refractivity contribution in [3.8, 4) is 0 Å². The first kappa shape index (κ1) is 14.9. The van der Waals surface area contributed by atoms with Crippen LogP contribution in [0, 0.1) is 5.92 Å². The van der Waals surface area contributed by atoms with E-state index >= 15 is 0 Å². The number of carboxylic acid groups (broad SMARTS) is 1. The van der Waals surface area contributed by atoms with Crippen LogP contribution in [0.15, 0.2) is 0 Å². The molecule has 0 aliphatic heterocycles. The molecule has 1 aliphatic carbocycles. The van der Waals surface area contributed by atoms with Gasteiger partial charge in [0.1, 0.15) is 5.78 Å². The average Bonchev–Trinajstić information content (AvgIpc) is 2.33. The number of rotatable bonds is 2. The molecular formula is C14H22O4. The number of ketones is 2. The third-order valence-electron chi connectivity index (χ3n) is 3.58. The minimum absolute atomic E-state index is 0.178. The lowest BCUT2D eigenvalue weighted by Gasteiger charge is -2.13. The molecule has 1 N–H and O–H groups in total. The Hall–Kier alpha value is -1.19. The molecule has 0 spiro atoms. The molecule has 1 atom stereocenters. The first-order chi connectivity index (χ1) is 8.63. The lowest BCUT2D eigenvalue weighted by molar-refractivity contribution is -0.153. The summed E-state index contributed by atoms with van der Waals surface area (Å²) < 4.78 is 0. The Morgan fingerprint density at radius 1 is 0.889 bits per heavy atom. The van der Waals surface area contributed by atoms with Crippen LogP contribution in [-0.4, -0.2) is 22.6 Å². The largest absolute Gasteiger partial charge is 0.475 e. The van der Waals surface area contributed by atoms with E-state index in [1.165, 1.54) is 12.8 Å². The topological polar surface area (TPSA) is 71.4 Å². The van der Waals surface area contributed by atoms with Gasteiger partial charge >= 0.3 is 5.97 Å². The highest BCUT2D eigenvalue weighted by atomic mass is 16.4. The van der Waals surface area contributed by atoms with Gasteiger partial charge in [-0.15, -0.1) is 0 Å². The maximum Gasteiger partial charge on any atom is 0.372 e. The molecule has 0 radical (unpaired) electrons. The van der Waals surface area contributed by atoms with E-state index in [4.69, 9.17) is 5.11 Å². The summed E-state index contributed by atoms with van der Waals surface area (Å²) in [7, 11) is 0. The zero-order valence-electron chi connectivity index (χ0n) is 10.8. The van der Waals surface area contributed by atoms with E-state index < -0.39 is 17.7 Å². The molecule has 0 aromatic heterocycles. The van der Waals surface area contributed by atoms with Gasteiger partial charge in [0.05, 0.1) is 5.92 Å². The Morgan fingerprint density at radius 2 is 1.39 bits per heavy atom. The number of Topliss-reactive ketones (excluding diaryl/α,β-unsaturated/α-hetero) is 2. The van der Waals surface area contributed by atoms with Crippen LogP contribution in [-0.2, 0) is 14.4 Å². The molecule has 0 saturated heterocycles. The number of hydrogen-bond acceptors (Lipinski definition) is 3. The second-order valence-electron chi connectivity index (χ2n) is 5.06. The smallest absolute Gasteiger partial charge is 0.372 e. The van der Waals surface area contributed by atoms with Gasteiger partial charge in [-0.25, -0.2) is 4.79 Å². The molecule has 1 aliphatic rings. The SMILES string of the molecule is O=C(O)C(=O)C1CCCCCCCCCCC1=O. The van der Waals surface area contributed by atoms with Crippen LogP contribution in [0.5, 0.6) is 0 Å². The second-order valence-corrected chi connectivity index (χ2v) is 5.06. The summed E-state index contributed by atoms with van der Waals surface area (Å²) in [6.07, 6.45) is 8.95. The van der Waals surface area contributed by atoms with Gasteiger partial charge in [0.15, 0.2) is 0 Å². The van der Waals surface area contributed by atoms with Gasteiger partial charge in [-0.2, -0.15) is 0 Å². The summed E-state index contributed by atoms with van der Waals surface area (Å²) >= 11 is 0. The van der Waals surface area contributed by atoms with Crippen molar-refractivity contribution in [1.29, 1.82) is 0 Å². The fraction of sp³-hybridized carbons (Fsp3) is 0.786. The van der Waals surface area contributed by atoms with Crippen molar-refractivity contribution in [2.45, 2.75) is 64.2 Å². The van der Waals surface area contributed by atoms with Crippen molar-refractivity contribution in [3.63, 3.8) is 0 Å². The average molecular weight is 254 g/mol. The summed E-state index contributed by atoms with van der Waals surface area (Å²) in [4.78, 5) is 34.1. The minimum Gasteiger partial charge on any atom is -0.475 e. The fourth-order valence-electron chi connectivity index (χ4n) is 2.47. The normalized spacial score (nSPS) is 23.8. The molecule has 0 amide bonds. The summed E-state index contributed by atoms with van der Waals surface area (Å²) in [6, 6.07) is 0. The van der Waals surface area contributed by atoms with Gasteiger partial charge in [0.25, 0.3) is 0 Å². The lowest BCUT2D eigenvalue weighted by atomic mass is 9.88. The van der Waals surface area contributed by atoms with E-state index in [0.29, 0.717) is 12.8 Å². The third kappa shape index (κ3) is 4.98. The number of hydrogen-bond donors (Lipinski definition) is 1. The number of carbonyl (C=O) groups is 3. The van der Waals surface area contributed by atoms with Gasteiger partial charge in [0, 0.05) is 6.42 Å². The van der Waals surface area contributed by atoms with Crippen molar-refractivity contribution < 1.29 is 19.5 Å². The molecule has 0 bridgehead atoms. The van der Waals surface area contributed by atoms with E-state index in [2.05, 4.69) is 0 Å². The Morgan fingerprint density at radius 3 is 1.94 bits per heavy atom. The van der Waals surface area contributed by atoms with Crippen LogP contribution in [0.25, 0.3) is 0 Å². The van der Waals surface area contributed by atoms with Gasteiger partial charge in [-0.05, 0) is 12.8 Å². The molecule has 0 aromatic carbocycles. The van der Waals surface area contributed by atoms with Crippen LogP contribution >= 0.6 is 0 Å². The Bertz CT molecular complexity index is 309. The standard InChI is InChI=1S/C14H22O4/c15-12-10-8-6-4-2-1-3-5-7-9-11(12)13(16)14(17)18/h11H,1-10H2,(H,17,18).